The number of hydrogen-bond donors (Lipinski definition) is 0. The van der Waals surface area contributed by atoms with Gasteiger partial charge in [-0.05, 0) is 45.0 Å². The number of nitrogens with zero attached hydrogens (tertiary/aromatic N) is 1. The molecule has 0 bridgehead atoms. The lowest BCUT2D eigenvalue weighted by Crippen LogP contribution is -2.09. The molecule has 1 aromatic heterocycles. The number of hydrogen-bond acceptors (Lipinski definition) is 4. The molecule has 1 heterocycles. The monoisotopic (exact) mass is 351 g/mol. The molecule has 0 aliphatic heterocycles. The molecule has 2 aromatic carbocycles. The molecule has 0 saturated carbocycles. The molecule has 0 amide bonds. The van der Waals surface area contributed by atoms with Crippen molar-refractivity contribution >= 4 is 10.9 Å². The third-order valence-corrected chi connectivity index (χ3v) is 3.84. The van der Waals surface area contributed by atoms with Crippen molar-refractivity contribution in [2.45, 2.75) is 33.3 Å². The van der Waals surface area contributed by atoms with E-state index in [9.17, 15) is 0 Å². The van der Waals surface area contributed by atoms with E-state index >= 15 is 0 Å². The molecule has 3 aromatic rings. The smallest absolute Gasteiger partial charge is 0.161 e. The third kappa shape index (κ3) is 4.66. The fraction of sp³-hybridized carbons (Fsp3) is 0.318. The summed E-state index contributed by atoms with van der Waals surface area (Å²) in [4.78, 5) is 4.59. The van der Waals surface area contributed by atoms with Gasteiger partial charge in [-0.25, -0.2) is 4.98 Å². The number of benzene rings is 2. The van der Waals surface area contributed by atoms with Crippen LogP contribution >= 0.6 is 0 Å². The Bertz CT molecular complexity index is 861. The molecule has 0 atom stereocenters. The number of aromatic nitrogens is 1. The molecule has 0 spiro atoms. The summed E-state index contributed by atoms with van der Waals surface area (Å²) in [6.07, 6.45) is 0.892. The summed E-state index contributed by atoms with van der Waals surface area (Å²) in [7, 11) is 0. The Hall–Kier alpha value is -2.75. The molecule has 0 radical (unpaired) electrons. The summed E-state index contributed by atoms with van der Waals surface area (Å²) in [6, 6.07) is 17.8. The topological polar surface area (TPSA) is 40.6 Å². The Morgan fingerprint density at radius 1 is 0.808 bits per heavy atom. The predicted octanol–water partition coefficient (Wildman–Crippen LogP) is 5.18. The minimum absolute atomic E-state index is 0.116. The zero-order chi connectivity index (χ0) is 18.4. The van der Waals surface area contributed by atoms with Gasteiger partial charge in [-0.1, -0.05) is 30.3 Å². The van der Waals surface area contributed by atoms with Crippen molar-refractivity contribution in [3.63, 3.8) is 0 Å². The maximum atomic E-state index is 5.93. The molecule has 3 rings (SSSR count). The highest BCUT2D eigenvalue weighted by atomic mass is 16.5. The standard InChI is InChI=1S/C22H25NO3/c1-16(2)26-20-10-5-4-9-19(20)24-14-7-15-25-21-11-6-8-18-13-12-17(3)23-22(18)21/h4-6,8-13,16H,7,14-15H2,1-3H3. The Balaban J connectivity index is 1.53. The van der Waals surface area contributed by atoms with Gasteiger partial charge in [0.25, 0.3) is 0 Å². The SMILES string of the molecule is Cc1ccc2cccc(OCCCOc3ccccc3OC(C)C)c2n1. The fourth-order valence-electron chi connectivity index (χ4n) is 2.68. The van der Waals surface area contributed by atoms with Crippen molar-refractivity contribution in [2.24, 2.45) is 0 Å². The number of ether oxygens (including phenoxy) is 3. The van der Waals surface area contributed by atoms with Crippen molar-refractivity contribution < 1.29 is 14.2 Å². The van der Waals surface area contributed by atoms with Crippen LogP contribution in [0.15, 0.2) is 54.6 Å². The Labute approximate surface area is 154 Å². The average molecular weight is 351 g/mol. The first-order chi connectivity index (χ1) is 12.6. The highest BCUT2D eigenvalue weighted by Crippen LogP contribution is 2.28. The number of rotatable bonds is 8. The predicted molar refractivity (Wildman–Crippen MR) is 104 cm³/mol. The molecular formula is C22H25NO3. The van der Waals surface area contributed by atoms with Gasteiger partial charge in [0.15, 0.2) is 11.5 Å². The number of para-hydroxylation sites is 3. The Kier molecular flexibility index (Phi) is 5.95. The normalized spacial score (nSPS) is 10.9. The van der Waals surface area contributed by atoms with E-state index in [2.05, 4.69) is 11.1 Å². The molecule has 0 aliphatic rings. The first-order valence-corrected chi connectivity index (χ1v) is 9.01. The summed E-state index contributed by atoms with van der Waals surface area (Å²) >= 11 is 0. The van der Waals surface area contributed by atoms with Crippen molar-refractivity contribution in [2.75, 3.05) is 13.2 Å². The molecular weight excluding hydrogens is 326 g/mol. The average Bonchev–Trinajstić information content (AvgIpc) is 2.62. The zero-order valence-corrected chi connectivity index (χ0v) is 15.6. The second-order valence-corrected chi connectivity index (χ2v) is 6.44. The summed E-state index contributed by atoms with van der Waals surface area (Å²) in [5.41, 5.74) is 1.89. The van der Waals surface area contributed by atoms with Gasteiger partial charge in [0, 0.05) is 17.5 Å². The number of fused-ring (bicyclic) bond motifs is 1. The molecule has 26 heavy (non-hydrogen) atoms. The largest absolute Gasteiger partial charge is 0.491 e. The van der Waals surface area contributed by atoms with Gasteiger partial charge in [-0.2, -0.15) is 0 Å². The van der Waals surface area contributed by atoms with Crippen molar-refractivity contribution in [1.82, 2.24) is 4.98 Å². The lowest BCUT2D eigenvalue weighted by Gasteiger charge is -2.15. The van der Waals surface area contributed by atoms with E-state index in [-0.39, 0.29) is 6.10 Å². The van der Waals surface area contributed by atoms with Gasteiger partial charge in [-0.3, -0.25) is 0 Å². The molecule has 4 heteroatoms. The third-order valence-electron chi connectivity index (χ3n) is 3.84. The first-order valence-electron chi connectivity index (χ1n) is 9.01. The maximum absolute atomic E-state index is 5.93. The van der Waals surface area contributed by atoms with E-state index in [0.29, 0.717) is 13.2 Å². The van der Waals surface area contributed by atoms with Gasteiger partial charge in [0.05, 0.1) is 19.3 Å². The van der Waals surface area contributed by atoms with Crippen LogP contribution in [0, 0.1) is 6.92 Å². The quantitative estimate of drug-likeness (QED) is 0.524. The van der Waals surface area contributed by atoms with E-state index in [1.807, 2.05) is 69.3 Å². The van der Waals surface area contributed by atoms with Gasteiger partial charge >= 0.3 is 0 Å². The lowest BCUT2D eigenvalue weighted by molar-refractivity contribution is 0.211. The fourth-order valence-corrected chi connectivity index (χ4v) is 2.68. The van der Waals surface area contributed by atoms with Crippen LogP contribution in [0.4, 0.5) is 0 Å². The van der Waals surface area contributed by atoms with E-state index in [1.54, 1.807) is 0 Å². The van der Waals surface area contributed by atoms with Crippen LogP contribution in [-0.2, 0) is 0 Å². The molecule has 4 nitrogen and oxygen atoms in total. The minimum atomic E-state index is 0.116. The van der Waals surface area contributed by atoms with Gasteiger partial charge in [0.2, 0.25) is 0 Å². The molecule has 0 aliphatic carbocycles. The van der Waals surface area contributed by atoms with Crippen LogP contribution < -0.4 is 14.2 Å². The van der Waals surface area contributed by atoms with Gasteiger partial charge < -0.3 is 14.2 Å². The van der Waals surface area contributed by atoms with Crippen LogP contribution in [0.2, 0.25) is 0 Å². The molecule has 0 saturated heterocycles. The zero-order valence-electron chi connectivity index (χ0n) is 15.6. The summed E-state index contributed by atoms with van der Waals surface area (Å²) in [5.74, 6) is 2.36. The van der Waals surface area contributed by atoms with E-state index < -0.39 is 0 Å². The first kappa shape index (κ1) is 18.1. The van der Waals surface area contributed by atoms with E-state index in [0.717, 1.165) is 40.3 Å². The molecule has 136 valence electrons. The number of pyridine rings is 1. The number of aryl methyl sites for hydroxylation is 1. The maximum Gasteiger partial charge on any atom is 0.161 e. The van der Waals surface area contributed by atoms with Crippen molar-refractivity contribution in [3.8, 4) is 17.2 Å². The van der Waals surface area contributed by atoms with Gasteiger partial charge in [0.1, 0.15) is 11.3 Å². The summed E-state index contributed by atoms with van der Waals surface area (Å²) in [6.45, 7) is 7.13. The van der Waals surface area contributed by atoms with Crippen LogP contribution in [-0.4, -0.2) is 24.3 Å². The second-order valence-electron chi connectivity index (χ2n) is 6.44. The van der Waals surface area contributed by atoms with Crippen LogP contribution in [0.1, 0.15) is 26.0 Å². The Morgan fingerprint density at radius 2 is 1.50 bits per heavy atom. The molecule has 0 unspecified atom stereocenters. The van der Waals surface area contributed by atoms with Crippen molar-refractivity contribution in [3.05, 3.63) is 60.3 Å². The summed E-state index contributed by atoms with van der Waals surface area (Å²) < 4.78 is 17.6. The lowest BCUT2D eigenvalue weighted by atomic mass is 10.2. The van der Waals surface area contributed by atoms with Crippen molar-refractivity contribution in [1.29, 1.82) is 0 Å². The summed E-state index contributed by atoms with van der Waals surface area (Å²) in [5, 5.41) is 1.09. The second kappa shape index (κ2) is 8.56. The van der Waals surface area contributed by atoms with E-state index in [4.69, 9.17) is 14.2 Å². The highest BCUT2D eigenvalue weighted by Gasteiger charge is 2.07. The van der Waals surface area contributed by atoms with Crippen LogP contribution in [0.5, 0.6) is 17.2 Å². The molecule has 0 fully saturated rings. The highest BCUT2D eigenvalue weighted by molar-refractivity contribution is 5.84. The van der Waals surface area contributed by atoms with Crippen LogP contribution in [0.3, 0.4) is 0 Å². The molecule has 0 N–H and O–H groups in total. The minimum Gasteiger partial charge on any atom is -0.491 e. The van der Waals surface area contributed by atoms with Gasteiger partial charge in [-0.15, -0.1) is 0 Å². The Morgan fingerprint density at radius 3 is 2.27 bits per heavy atom. The van der Waals surface area contributed by atoms with Crippen LogP contribution in [0.25, 0.3) is 10.9 Å². The van der Waals surface area contributed by atoms with E-state index in [1.165, 1.54) is 0 Å².